The summed E-state index contributed by atoms with van der Waals surface area (Å²) in [7, 11) is 0. The molecule has 2 heteroatoms. The minimum atomic E-state index is -0.611. The molecule has 0 aliphatic heterocycles. The first-order valence-electron chi connectivity index (χ1n) is 0.983. The van der Waals surface area contributed by atoms with Gasteiger partial charge in [0.05, 0.1) is 12.5 Å². The van der Waals surface area contributed by atoms with Crippen LogP contribution in [0, 0.1) is 0 Å². The molecule has 0 unspecified atom stereocenters. The lowest BCUT2D eigenvalue weighted by Gasteiger charge is -1.87. The van der Waals surface area contributed by atoms with E-state index in [0.29, 0.717) is 0 Å². The number of hydrogen-bond acceptors (Lipinski definition) is 1. The molecule has 0 aliphatic rings. The highest BCUT2D eigenvalue weighted by Gasteiger charge is 1.66. The second-order valence-corrected chi connectivity index (χ2v) is 2.22. The molecule has 0 amide bonds. The molecular formula is C2H7OS. The molecule has 1 radical (unpaired) electrons. The normalized spacial score (nSPS) is 9.00. The van der Waals surface area contributed by atoms with E-state index in [4.69, 9.17) is 0 Å². The molecule has 0 rings (SSSR count). The van der Waals surface area contributed by atoms with Crippen molar-refractivity contribution in [2.45, 2.75) is 0 Å². The van der Waals surface area contributed by atoms with Gasteiger partial charge in [0.1, 0.15) is 0 Å². The van der Waals surface area contributed by atoms with Crippen LogP contribution in [0.5, 0.6) is 0 Å². The lowest BCUT2D eigenvalue weighted by molar-refractivity contribution is 0.606. The van der Waals surface area contributed by atoms with Gasteiger partial charge in [0.15, 0.2) is 0 Å². The van der Waals surface area contributed by atoms with Crippen LogP contribution in [0.15, 0.2) is 0 Å². The van der Waals surface area contributed by atoms with E-state index >= 15 is 0 Å². The van der Waals surface area contributed by atoms with Gasteiger partial charge < -0.3 is 4.55 Å². The molecule has 0 saturated carbocycles. The van der Waals surface area contributed by atoms with Crippen molar-refractivity contribution in [2.75, 3.05) is 12.5 Å². The fourth-order valence-electron chi connectivity index (χ4n) is 0. The summed E-state index contributed by atoms with van der Waals surface area (Å²) >= 11 is -0.611. The highest BCUT2D eigenvalue weighted by atomic mass is 32.2. The van der Waals surface area contributed by atoms with E-state index in [1.165, 1.54) is 0 Å². The second-order valence-electron chi connectivity index (χ2n) is 0.742. The van der Waals surface area contributed by atoms with Crippen LogP contribution in [0.2, 0.25) is 0 Å². The molecule has 0 aromatic carbocycles. The van der Waals surface area contributed by atoms with Crippen LogP contribution in [0.1, 0.15) is 1.43 Å². The zero-order valence-electron chi connectivity index (χ0n) is 3.82. The Hall–Kier alpha value is 0.310. The molecular weight excluding hydrogens is 72.1 g/mol. The van der Waals surface area contributed by atoms with Crippen LogP contribution in [0.4, 0.5) is 0 Å². The first-order chi connectivity index (χ1) is 1.73. The fraction of sp³-hybridized carbons (Fsp3) is 1.00. The third kappa shape index (κ3) is 41.3. The molecule has 4 heavy (non-hydrogen) atoms. The SMILES string of the molecule is C[S+](C)[O-].[2H]. The quantitative estimate of drug-likeness (QED) is 0.379. The highest BCUT2D eigenvalue weighted by Crippen LogP contribution is 1.61. The molecule has 27 valence electrons. The lowest BCUT2D eigenvalue weighted by atomic mass is 11.9. The predicted molar refractivity (Wildman–Crippen MR) is 21.1 cm³/mol. The first-order valence-corrected chi connectivity index (χ1v) is 2.95. The smallest absolute Gasteiger partial charge is 0.0946 e. The Bertz CT molecular complexity index is 14.4. The Morgan fingerprint density at radius 1 is 1.75 bits per heavy atom. The van der Waals surface area contributed by atoms with Crippen LogP contribution < -0.4 is 0 Å². The van der Waals surface area contributed by atoms with Crippen molar-refractivity contribution in [1.29, 1.82) is 0 Å². The van der Waals surface area contributed by atoms with E-state index in [2.05, 4.69) is 0 Å². The molecule has 0 fully saturated rings. The number of hydrogen-bond donors (Lipinski definition) is 0. The van der Waals surface area contributed by atoms with Crippen molar-refractivity contribution < 1.29 is 5.98 Å². The van der Waals surface area contributed by atoms with E-state index in [1.807, 2.05) is 0 Å². The van der Waals surface area contributed by atoms with Gasteiger partial charge in [-0.05, 0) is 0 Å². The van der Waals surface area contributed by atoms with E-state index in [0.717, 1.165) is 0 Å². The van der Waals surface area contributed by atoms with Crippen LogP contribution in [0.3, 0.4) is 0 Å². The van der Waals surface area contributed by atoms with E-state index in [1.54, 1.807) is 12.5 Å². The second kappa shape index (κ2) is 1.61. The van der Waals surface area contributed by atoms with E-state index in [9.17, 15) is 4.55 Å². The maximum atomic E-state index is 9.56. The fourth-order valence-corrected chi connectivity index (χ4v) is 0. The van der Waals surface area contributed by atoms with Crippen LogP contribution in [-0.2, 0) is 11.2 Å². The zero-order valence-corrected chi connectivity index (χ0v) is 3.63. The van der Waals surface area contributed by atoms with Gasteiger partial charge >= 0.3 is 0 Å². The van der Waals surface area contributed by atoms with Gasteiger partial charge in [-0.15, -0.1) is 0 Å². The van der Waals surface area contributed by atoms with Crippen molar-refractivity contribution in [2.24, 2.45) is 0 Å². The molecule has 0 spiro atoms. The van der Waals surface area contributed by atoms with Gasteiger partial charge in [0, 0.05) is 1.43 Å². The van der Waals surface area contributed by atoms with Crippen LogP contribution in [0.25, 0.3) is 0 Å². The van der Waals surface area contributed by atoms with Crippen molar-refractivity contribution in [3.63, 3.8) is 0 Å². The molecule has 0 aliphatic carbocycles. The van der Waals surface area contributed by atoms with Gasteiger partial charge in [0.25, 0.3) is 0 Å². The first kappa shape index (κ1) is 4.31. The molecule has 0 heterocycles. The average molecular weight is 80.2 g/mol. The molecule has 0 N–H and O–H groups in total. The molecule has 1 nitrogen and oxygen atoms in total. The van der Waals surface area contributed by atoms with E-state index in [-0.39, 0.29) is 1.43 Å². The Morgan fingerprint density at radius 2 is 1.75 bits per heavy atom. The Morgan fingerprint density at radius 3 is 1.75 bits per heavy atom. The monoisotopic (exact) mass is 80.0 g/mol. The summed E-state index contributed by atoms with van der Waals surface area (Å²) in [5, 5.41) is 0. The highest BCUT2D eigenvalue weighted by molar-refractivity contribution is 7.89. The Balaban J connectivity index is 0. The van der Waals surface area contributed by atoms with Gasteiger partial charge in [0.2, 0.25) is 0 Å². The van der Waals surface area contributed by atoms with Crippen LogP contribution >= 0.6 is 0 Å². The molecule has 0 saturated heterocycles. The summed E-state index contributed by atoms with van der Waals surface area (Å²) in [6.45, 7) is 0. The van der Waals surface area contributed by atoms with Crippen molar-refractivity contribution in [3.8, 4) is 0 Å². The third-order valence-electron chi connectivity index (χ3n) is 0. The summed E-state index contributed by atoms with van der Waals surface area (Å²) < 4.78 is 9.56. The van der Waals surface area contributed by atoms with Gasteiger partial charge in [-0.1, -0.05) is 11.2 Å². The van der Waals surface area contributed by atoms with Gasteiger partial charge in [-0.25, -0.2) is 0 Å². The minimum Gasteiger partial charge on any atom is -0.617 e. The van der Waals surface area contributed by atoms with Crippen LogP contribution in [-0.4, -0.2) is 17.1 Å². The van der Waals surface area contributed by atoms with Crippen molar-refractivity contribution in [1.82, 2.24) is 0 Å². The predicted octanol–water partition coefficient (Wildman–Crippen LogP) is 0.107. The maximum Gasteiger partial charge on any atom is 0.0946 e. The van der Waals surface area contributed by atoms with Crippen molar-refractivity contribution in [3.05, 3.63) is 0 Å². The molecule has 0 aromatic heterocycles. The summed E-state index contributed by atoms with van der Waals surface area (Å²) in [5.41, 5.74) is 0. The molecule has 0 atom stereocenters. The topological polar surface area (TPSA) is 23.1 Å². The summed E-state index contributed by atoms with van der Waals surface area (Å²) in [6, 6.07) is 0. The van der Waals surface area contributed by atoms with E-state index < -0.39 is 11.2 Å². The molecule has 0 bridgehead atoms. The van der Waals surface area contributed by atoms with Crippen molar-refractivity contribution >= 4 is 11.2 Å². The average Bonchev–Trinajstić information content (AvgIpc) is 0.811. The molecule has 0 aromatic rings. The Kier molecular flexibility index (Phi) is 1.74. The Labute approximate surface area is 30.7 Å². The summed E-state index contributed by atoms with van der Waals surface area (Å²) in [4.78, 5) is 0. The van der Waals surface area contributed by atoms with Gasteiger partial charge in [-0.3, -0.25) is 0 Å². The largest absolute Gasteiger partial charge is 0.617 e. The third-order valence-corrected chi connectivity index (χ3v) is 0. The zero-order chi connectivity index (χ0) is 3.58. The standard InChI is InChI=1S/C2H6OS.H/c1-4(2)3;/h1-2H3;/i;1+1. The lowest BCUT2D eigenvalue weighted by Crippen LogP contribution is -1.86. The summed E-state index contributed by atoms with van der Waals surface area (Å²) in [6.07, 6.45) is 3.28. The maximum absolute atomic E-state index is 9.56. The number of rotatable bonds is 0. The van der Waals surface area contributed by atoms with Gasteiger partial charge in [-0.2, -0.15) is 0 Å². The summed E-state index contributed by atoms with van der Waals surface area (Å²) in [5.74, 6) is 0. The minimum absolute atomic E-state index is 0.